The van der Waals surface area contributed by atoms with Gasteiger partial charge in [-0.05, 0) is 0 Å². The van der Waals surface area contributed by atoms with E-state index in [1.54, 1.807) is 0 Å². The third-order valence-corrected chi connectivity index (χ3v) is 7.22. The molecule has 0 aliphatic heterocycles. The molecule has 3 aromatic rings. The molecule has 0 N–H and O–H groups in total. The van der Waals surface area contributed by atoms with Crippen molar-refractivity contribution in [1.29, 1.82) is 0 Å². The van der Waals surface area contributed by atoms with E-state index in [4.69, 9.17) is 11.6 Å². The number of benzene rings is 3. The second kappa shape index (κ2) is 6.35. The number of fused-ring (bicyclic) bond motifs is 1. The number of halogens is 1. The molecule has 0 heterocycles. The third kappa shape index (κ3) is 2.96. The topological polar surface area (TPSA) is 0 Å². The van der Waals surface area contributed by atoms with Crippen molar-refractivity contribution in [2.24, 2.45) is 0 Å². The molecule has 20 heavy (non-hydrogen) atoms. The summed E-state index contributed by atoms with van der Waals surface area (Å²) >= 11 is 6.81. The SMILES string of the molecule is C[Se]c1cccc2cccc([Se]c3ccc(Cl)cc3)c12. The average Bonchev–Trinajstić information content (AvgIpc) is 2.49. The molecule has 100 valence electrons. The van der Waals surface area contributed by atoms with Crippen LogP contribution in [0.3, 0.4) is 0 Å². The summed E-state index contributed by atoms with van der Waals surface area (Å²) in [5.74, 6) is 2.29. The zero-order valence-corrected chi connectivity index (χ0v) is 15.2. The molecule has 3 rings (SSSR count). The molecule has 0 aromatic heterocycles. The van der Waals surface area contributed by atoms with Crippen molar-refractivity contribution in [3.8, 4) is 0 Å². The van der Waals surface area contributed by atoms with Crippen molar-refractivity contribution in [2.45, 2.75) is 5.82 Å². The van der Waals surface area contributed by atoms with Gasteiger partial charge in [0.05, 0.1) is 0 Å². The summed E-state index contributed by atoms with van der Waals surface area (Å²) in [4.78, 5) is 0. The Bertz CT molecular complexity index is 730. The zero-order valence-electron chi connectivity index (χ0n) is 11.0. The summed E-state index contributed by atoms with van der Waals surface area (Å²) in [7, 11) is 0. The molecule has 0 nitrogen and oxygen atoms in total. The molecule has 0 amide bonds. The molecule has 0 aliphatic rings. The van der Waals surface area contributed by atoms with Gasteiger partial charge < -0.3 is 0 Å². The third-order valence-electron chi connectivity index (χ3n) is 3.09. The van der Waals surface area contributed by atoms with Crippen molar-refractivity contribution in [3.63, 3.8) is 0 Å². The molecule has 3 aromatic carbocycles. The molecule has 0 radical (unpaired) electrons. The van der Waals surface area contributed by atoms with Crippen molar-refractivity contribution in [1.82, 2.24) is 0 Å². The van der Waals surface area contributed by atoms with Gasteiger partial charge in [-0.15, -0.1) is 0 Å². The quantitative estimate of drug-likeness (QED) is 0.582. The van der Waals surface area contributed by atoms with Crippen LogP contribution < -0.4 is 13.4 Å². The Morgan fingerprint density at radius 2 is 1.45 bits per heavy atom. The summed E-state index contributed by atoms with van der Waals surface area (Å²) in [5.41, 5.74) is 0. The molecular formula is C17H13ClSe2. The van der Waals surface area contributed by atoms with Gasteiger partial charge in [-0.25, -0.2) is 0 Å². The van der Waals surface area contributed by atoms with Gasteiger partial charge in [0.1, 0.15) is 0 Å². The van der Waals surface area contributed by atoms with E-state index in [-0.39, 0.29) is 0 Å². The summed E-state index contributed by atoms with van der Waals surface area (Å²) in [5, 5.41) is 3.63. The second-order valence-electron chi connectivity index (χ2n) is 4.37. The van der Waals surface area contributed by atoms with Crippen LogP contribution in [0.15, 0.2) is 60.7 Å². The summed E-state index contributed by atoms with van der Waals surface area (Å²) < 4.78 is 4.34. The van der Waals surface area contributed by atoms with Crippen LogP contribution in [0.4, 0.5) is 0 Å². The molecule has 0 saturated carbocycles. The Hall–Kier alpha value is -0.751. The number of rotatable bonds is 3. The van der Waals surface area contributed by atoms with E-state index in [0.29, 0.717) is 29.9 Å². The van der Waals surface area contributed by atoms with Gasteiger partial charge in [0.15, 0.2) is 0 Å². The van der Waals surface area contributed by atoms with Gasteiger partial charge in [0, 0.05) is 0 Å². The van der Waals surface area contributed by atoms with E-state index >= 15 is 0 Å². The Kier molecular flexibility index (Phi) is 4.51. The molecule has 0 bridgehead atoms. The Balaban J connectivity index is 2.09. The molecule has 0 unspecified atom stereocenters. The first-order chi connectivity index (χ1) is 9.78. The predicted octanol–water partition coefficient (Wildman–Crippen LogP) is 2.53. The van der Waals surface area contributed by atoms with Crippen LogP contribution in [0.25, 0.3) is 10.8 Å². The summed E-state index contributed by atoms with van der Waals surface area (Å²) in [6, 6.07) is 21.5. The van der Waals surface area contributed by atoms with Gasteiger partial charge in [0.2, 0.25) is 0 Å². The van der Waals surface area contributed by atoms with Crippen LogP contribution in [0.1, 0.15) is 0 Å². The first-order valence-electron chi connectivity index (χ1n) is 6.27. The minimum absolute atomic E-state index is 0.325. The van der Waals surface area contributed by atoms with Crippen molar-refractivity contribution < 1.29 is 0 Å². The number of hydrogen-bond donors (Lipinski definition) is 0. The molecular weight excluding hydrogens is 398 g/mol. The standard InChI is InChI=1S/C17H13ClSe2/c1-19-15-6-2-4-12-5-3-7-16(17(12)15)20-14-10-8-13(18)9-11-14/h2-11H,1H3. The number of hydrogen-bond acceptors (Lipinski definition) is 0. The Morgan fingerprint density at radius 1 is 0.800 bits per heavy atom. The van der Waals surface area contributed by atoms with Crippen molar-refractivity contribution in [3.05, 3.63) is 65.7 Å². The van der Waals surface area contributed by atoms with E-state index in [9.17, 15) is 0 Å². The summed E-state index contributed by atoms with van der Waals surface area (Å²) in [6.07, 6.45) is 0. The molecule has 0 aliphatic carbocycles. The van der Waals surface area contributed by atoms with Gasteiger partial charge in [-0.3, -0.25) is 0 Å². The van der Waals surface area contributed by atoms with E-state index in [1.807, 2.05) is 12.1 Å². The zero-order chi connectivity index (χ0) is 13.9. The van der Waals surface area contributed by atoms with Crippen LogP contribution in [-0.2, 0) is 0 Å². The van der Waals surface area contributed by atoms with E-state index in [1.165, 1.54) is 24.2 Å². The predicted molar refractivity (Wildman–Crippen MR) is 91.7 cm³/mol. The average molecular weight is 411 g/mol. The molecule has 0 saturated heterocycles. The van der Waals surface area contributed by atoms with Gasteiger partial charge in [0.25, 0.3) is 0 Å². The fourth-order valence-electron chi connectivity index (χ4n) is 2.16. The van der Waals surface area contributed by atoms with E-state index in [2.05, 4.69) is 54.4 Å². The van der Waals surface area contributed by atoms with E-state index in [0.717, 1.165) is 5.02 Å². The Morgan fingerprint density at radius 3 is 2.10 bits per heavy atom. The van der Waals surface area contributed by atoms with Crippen LogP contribution in [0, 0.1) is 0 Å². The maximum absolute atomic E-state index is 5.97. The van der Waals surface area contributed by atoms with Crippen molar-refractivity contribution >= 4 is 65.7 Å². The van der Waals surface area contributed by atoms with Crippen LogP contribution in [0.2, 0.25) is 10.8 Å². The van der Waals surface area contributed by atoms with Gasteiger partial charge in [-0.2, -0.15) is 0 Å². The van der Waals surface area contributed by atoms with Gasteiger partial charge in [-0.1, -0.05) is 0 Å². The normalized spacial score (nSPS) is 10.9. The first-order valence-corrected chi connectivity index (χ1v) is 10.9. The van der Waals surface area contributed by atoms with Crippen LogP contribution in [0.5, 0.6) is 0 Å². The monoisotopic (exact) mass is 412 g/mol. The van der Waals surface area contributed by atoms with Crippen LogP contribution >= 0.6 is 11.6 Å². The summed E-state index contributed by atoms with van der Waals surface area (Å²) in [6.45, 7) is 0. The van der Waals surface area contributed by atoms with E-state index < -0.39 is 0 Å². The minimum atomic E-state index is 0.325. The molecule has 0 spiro atoms. The second-order valence-corrected chi connectivity index (χ2v) is 8.93. The van der Waals surface area contributed by atoms with Crippen LogP contribution in [-0.4, -0.2) is 29.9 Å². The molecule has 0 fully saturated rings. The fourth-order valence-corrected chi connectivity index (χ4v) is 6.07. The fraction of sp³-hybridized carbons (Fsp3) is 0.0588. The molecule has 0 atom stereocenters. The Labute approximate surface area is 136 Å². The first kappa shape index (κ1) is 14.2. The van der Waals surface area contributed by atoms with Crippen molar-refractivity contribution in [2.75, 3.05) is 0 Å². The van der Waals surface area contributed by atoms with Gasteiger partial charge >= 0.3 is 137 Å². The molecule has 3 heteroatoms. The maximum atomic E-state index is 5.97.